The van der Waals surface area contributed by atoms with Crippen molar-refractivity contribution in [3.05, 3.63) is 46.5 Å². The van der Waals surface area contributed by atoms with Crippen LogP contribution in [-0.2, 0) is 11.2 Å². The minimum absolute atomic E-state index is 0.254. The summed E-state index contributed by atoms with van der Waals surface area (Å²) in [6.45, 7) is 4.07. The van der Waals surface area contributed by atoms with E-state index in [-0.39, 0.29) is 17.8 Å². The molecule has 1 aliphatic rings. The minimum atomic E-state index is -0.598. The number of benzene rings is 1. The number of fused-ring (bicyclic) bond motifs is 1. The van der Waals surface area contributed by atoms with Gasteiger partial charge in [0.25, 0.3) is 0 Å². The molecule has 2 rings (SSSR count). The van der Waals surface area contributed by atoms with Crippen LogP contribution in [0.15, 0.2) is 29.8 Å². The van der Waals surface area contributed by atoms with Gasteiger partial charge in [-0.2, -0.15) is 0 Å². The molecule has 1 aliphatic carbocycles. The number of rotatable bonds is 3. The molecule has 0 unspecified atom stereocenters. The van der Waals surface area contributed by atoms with Crippen molar-refractivity contribution < 1.29 is 14.4 Å². The molecule has 3 nitrogen and oxygen atoms in total. The lowest BCUT2D eigenvalue weighted by Crippen LogP contribution is -2.26. The molecular weight excluding hydrogens is 240 g/mol. The van der Waals surface area contributed by atoms with Gasteiger partial charge in [0.15, 0.2) is 5.78 Å². The summed E-state index contributed by atoms with van der Waals surface area (Å²) in [5.41, 5.74) is 2.89. The number of allylic oxidation sites excluding steroid dienone is 2. The average molecular weight is 256 g/mol. The maximum atomic E-state index is 11.8. The van der Waals surface area contributed by atoms with Crippen molar-refractivity contribution in [2.45, 2.75) is 33.1 Å². The maximum absolute atomic E-state index is 11.8. The van der Waals surface area contributed by atoms with E-state index in [4.69, 9.17) is 0 Å². The standard InChI is InChI=1S/C16H16O3/c1-10(2)4-3-5-11-6-7-12-13(8-11)16(19)15(18)9-14(12)17/h4,6-8H,3,5,9H2,1-2H3. The highest BCUT2D eigenvalue weighted by Gasteiger charge is 2.30. The molecule has 1 aromatic carbocycles. The monoisotopic (exact) mass is 256 g/mol. The van der Waals surface area contributed by atoms with Gasteiger partial charge >= 0.3 is 0 Å². The predicted octanol–water partition coefficient (Wildman–Crippen LogP) is 2.92. The molecule has 0 heterocycles. The van der Waals surface area contributed by atoms with E-state index in [0.717, 1.165) is 18.4 Å². The van der Waals surface area contributed by atoms with E-state index in [0.29, 0.717) is 5.56 Å². The lowest BCUT2D eigenvalue weighted by atomic mass is 9.87. The summed E-state index contributed by atoms with van der Waals surface area (Å²) < 4.78 is 0. The summed E-state index contributed by atoms with van der Waals surface area (Å²) in [6.07, 6.45) is 3.52. The number of aryl methyl sites for hydroxylation is 1. The Hall–Kier alpha value is -2.03. The lowest BCUT2D eigenvalue weighted by Gasteiger charge is -2.13. The Balaban J connectivity index is 2.27. The molecule has 0 fully saturated rings. The first-order valence-electron chi connectivity index (χ1n) is 6.36. The first kappa shape index (κ1) is 13.4. The van der Waals surface area contributed by atoms with E-state index in [2.05, 4.69) is 6.08 Å². The van der Waals surface area contributed by atoms with Gasteiger partial charge in [0.2, 0.25) is 11.6 Å². The van der Waals surface area contributed by atoms with Crippen LogP contribution in [-0.4, -0.2) is 17.3 Å². The van der Waals surface area contributed by atoms with Crippen LogP contribution < -0.4 is 0 Å². The van der Waals surface area contributed by atoms with Crippen LogP contribution in [0.3, 0.4) is 0 Å². The third kappa shape index (κ3) is 2.87. The Labute approximate surface area is 112 Å². The SMILES string of the molecule is CC(C)=CCCc1ccc2c(c1)C(=O)C(=O)CC2=O. The normalized spacial score (nSPS) is 14.3. The van der Waals surface area contributed by atoms with Crippen molar-refractivity contribution >= 4 is 17.3 Å². The van der Waals surface area contributed by atoms with Crippen LogP contribution in [0.4, 0.5) is 0 Å². The van der Waals surface area contributed by atoms with Gasteiger partial charge in [-0.3, -0.25) is 14.4 Å². The Morgan fingerprint density at radius 2 is 1.84 bits per heavy atom. The Bertz CT molecular complexity index is 590. The van der Waals surface area contributed by atoms with Crippen LogP contribution >= 0.6 is 0 Å². The first-order chi connectivity index (χ1) is 8.99. The molecule has 0 N–H and O–H groups in total. The summed E-state index contributed by atoms with van der Waals surface area (Å²) in [6, 6.07) is 5.21. The second kappa shape index (κ2) is 5.31. The predicted molar refractivity (Wildman–Crippen MR) is 72.5 cm³/mol. The molecule has 1 aromatic rings. The third-order valence-corrected chi connectivity index (χ3v) is 3.19. The summed E-state index contributed by atoms with van der Waals surface area (Å²) in [7, 11) is 0. The van der Waals surface area contributed by atoms with Crippen molar-refractivity contribution in [1.82, 2.24) is 0 Å². The molecule has 0 spiro atoms. The number of Topliss-reactive ketones (excluding diaryl/α,β-unsaturated/α-hetero) is 3. The molecule has 98 valence electrons. The van der Waals surface area contributed by atoms with E-state index in [9.17, 15) is 14.4 Å². The number of carbonyl (C=O) groups excluding carboxylic acids is 3. The quantitative estimate of drug-likeness (QED) is 0.474. The third-order valence-electron chi connectivity index (χ3n) is 3.19. The molecule has 0 radical (unpaired) electrons. The van der Waals surface area contributed by atoms with Crippen LogP contribution in [0.25, 0.3) is 0 Å². The van der Waals surface area contributed by atoms with E-state index in [1.165, 1.54) is 5.57 Å². The highest BCUT2D eigenvalue weighted by Crippen LogP contribution is 2.21. The molecule has 0 saturated heterocycles. The summed E-state index contributed by atoms with van der Waals surface area (Å²) in [5, 5.41) is 0. The van der Waals surface area contributed by atoms with Crippen LogP contribution in [0, 0.1) is 0 Å². The van der Waals surface area contributed by atoms with Crippen LogP contribution in [0.2, 0.25) is 0 Å². The van der Waals surface area contributed by atoms with Crippen molar-refractivity contribution in [3.8, 4) is 0 Å². The van der Waals surface area contributed by atoms with E-state index >= 15 is 0 Å². The molecule has 3 heteroatoms. The fraction of sp³-hybridized carbons (Fsp3) is 0.312. The molecule has 19 heavy (non-hydrogen) atoms. The number of ketones is 3. The van der Waals surface area contributed by atoms with Gasteiger partial charge in [-0.05, 0) is 38.3 Å². The lowest BCUT2D eigenvalue weighted by molar-refractivity contribution is -0.114. The number of hydrogen-bond donors (Lipinski definition) is 0. The van der Waals surface area contributed by atoms with Crippen LogP contribution in [0.5, 0.6) is 0 Å². The van der Waals surface area contributed by atoms with Gasteiger partial charge in [-0.25, -0.2) is 0 Å². The van der Waals surface area contributed by atoms with Crippen LogP contribution in [0.1, 0.15) is 53.0 Å². The van der Waals surface area contributed by atoms with Gasteiger partial charge in [0, 0.05) is 11.1 Å². The van der Waals surface area contributed by atoms with E-state index < -0.39 is 11.6 Å². The highest BCUT2D eigenvalue weighted by atomic mass is 16.2. The van der Waals surface area contributed by atoms with Gasteiger partial charge in [-0.15, -0.1) is 0 Å². The average Bonchev–Trinajstić information content (AvgIpc) is 2.35. The summed E-state index contributed by atoms with van der Waals surface area (Å²) >= 11 is 0. The second-order valence-electron chi connectivity index (χ2n) is 5.05. The summed E-state index contributed by atoms with van der Waals surface area (Å²) in [4.78, 5) is 34.9. The van der Waals surface area contributed by atoms with Crippen molar-refractivity contribution in [3.63, 3.8) is 0 Å². The fourth-order valence-electron chi connectivity index (χ4n) is 2.18. The molecule has 0 bridgehead atoms. The Kier molecular flexibility index (Phi) is 3.74. The van der Waals surface area contributed by atoms with Gasteiger partial charge < -0.3 is 0 Å². The highest BCUT2D eigenvalue weighted by molar-refractivity contribution is 6.50. The molecule has 0 aromatic heterocycles. The molecular formula is C16H16O3. The molecule has 0 saturated carbocycles. The topological polar surface area (TPSA) is 51.2 Å². The minimum Gasteiger partial charge on any atom is -0.294 e. The largest absolute Gasteiger partial charge is 0.294 e. The smallest absolute Gasteiger partial charge is 0.229 e. The molecule has 0 amide bonds. The zero-order valence-corrected chi connectivity index (χ0v) is 11.2. The first-order valence-corrected chi connectivity index (χ1v) is 6.36. The van der Waals surface area contributed by atoms with Crippen molar-refractivity contribution in [2.75, 3.05) is 0 Å². The second-order valence-corrected chi connectivity index (χ2v) is 5.05. The fourth-order valence-corrected chi connectivity index (χ4v) is 2.18. The Morgan fingerprint density at radius 3 is 2.53 bits per heavy atom. The number of carbonyl (C=O) groups is 3. The van der Waals surface area contributed by atoms with E-state index in [1.54, 1.807) is 12.1 Å². The molecule has 0 aliphatic heterocycles. The molecule has 0 atom stereocenters. The number of hydrogen-bond acceptors (Lipinski definition) is 3. The van der Waals surface area contributed by atoms with Gasteiger partial charge in [0.05, 0.1) is 6.42 Å². The van der Waals surface area contributed by atoms with E-state index in [1.807, 2.05) is 19.9 Å². The zero-order valence-electron chi connectivity index (χ0n) is 11.2. The zero-order chi connectivity index (χ0) is 14.0. The van der Waals surface area contributed by atoms with Gasteiger partial charge in [-0.1, -0.05) is 23.8 Å². The maximum Gasteiger partial charge on any atom is 0.229 e. The Morgan fingerprint density at radius 1 is 1.11 bits per heavy atom. The van der Waals surface area contributed by atoms with Gasteiger partial charge in [0.1, 0.15) is 0 Å². The van der Waals surface area contributed by atoms with Crippen molar-refractivity contribution in [1.29, 1.82) is 0 Å². The summed E-state index contributed by atoms with van der Waals surface area (Å²) in [5.74, 6) is -1.38. The van der Waals surface area contributed by atoms with Crippen molar-refractivity contribution in [2.24, 2.45) is 0 Å².